The number of nitrogen functional groups attached to an aromatic ring is 1. The van der Waals surface area contributed by atoms with Gasteiger partial charge >= 0.3 is 0 Å². The van der Waals surface area contributed by atoms with E-state index in [4.69, 9.17) is 16.1 Å². The van der Waals surface area contributed by atoms with Crippen LogP contribution in [-0.2, 0) is 0 Å². The average Bonchev–Trinajstić information content (AvgIpc) is 2.45. The zero-order valence-corrected chi connectivity index (χ0v) is 10.7. The second-order valence-corrected chi connectivity index (χ2v) is 3.78. The first-order valence-electron chi connectivity index (χ1n) is 5.47. The largest absolute Gasteiger partial charge is 0.392 e. The Morgan fingerprint density at radius 3 is 2.43 bits per heavy atom. The fourth-order valence-electron chi connectivity index (χ4n) is 1.34. The normalized spacial score (nSPS) is 13.7. The first-order valence-corrected chi connectivity index (χ1v) is 5.47. The van der Waals surface area contributed by atoms with Crippen LogP contribution in [-0.4, -0.2) is 46.7 Å². The van der Waals surface area contributed by atoms with Gasteiger partial charge in [0.05, 0.1) is 28.5 Å². The third-order valence-electron chi connectivity index (χ3n) is 2.26. The SMILES string of the molecule is CC(O)C(O)c1cnc2c(=O)[nH]c(N)nc2n1.ON=NO. The fourth-order valence-corrected chi connectivity index (χ4v) is 1.34. The number of anilines is 1. The zero-order valence-electron chi connectivity index (χ0n) is 10.7. The maximum atomic E-state index is 11.4. The molecule has 12 heteroatoms. The van der Waals surface area contributed by atoms with E-state index in [1.165, 1.54) is 13.1 Å². The number of hydrogen-bond acceptors (Lipinski definition) is 9. The van der Waals surface area contributed by atoms with Crippen LogP contribution in [0.1, 0.15) is 18.7 Å². The van der Waals surface area contributed by atoms with Gasteiger partial charge in [0.15, 0.2) is 11.2 Å². The molecule has 2 atom stereocenters. The predicted molar refractivity (Wildman–Crippen MR) is 67.4 cm³/mol. The van der Waals surface area contributed by atoms with Gasteiger partial charge in [0.1, 0.15) is 6.10 Å². The van der Waals surface area contributed by atoms with Gasteiger partial charge in [-0.25, -0.2) is 9.97 Å². The van der Waals surface area contributed by atoms with Crippen molar-refractivity contribution in [3.63, 3.8) is 0 Å². The lowest BCUT2D eigenvalue weighted by Crippen LogP contribution is -2.18. The number of aliphatic hydroxyl groups excluding tert-OH is 2. The molecule has 2 rings (SSSR count). The van der Waals surface area contributed by atoms with Crippen molar-refractivity contribution < 1.29 is 20.6 Å². The number of aromatic nitrogens is 4. The van der Waals surface area contributed by atoms with E-state index in [1.807, 2.05) is 10.6 Å². The van der Waals surface area contributed by atoms with Crippen molar-refractivity contribution in [3.05, 3.63) is 22.2 Å². The van der Waals surface area contributed by atoms with Crippen molar-refractivity contribution in [1.29, 1.82) is 0 Å². The highest BCUT2D eigenvalue weighted by molar-refractivity contribution is 5.69. The van der Waals surface area contributed by atoms with Crippen molar-refractivity contribution in [2.45, 2.75) is 19.1 Å². The van der Waals surface area contributed by atoms with Crippen molar-refractivity contribution in [2.24, 2.45) is 10.6 Å². The first kappa shape index (κ1) is 16.2. The summed E-state index contributed by atoms with van der Waals surface area (Å²) < 4.78 is 0. The average molecular weight is 299 g/mol. The molecular formula is C9H13N7O5. The minimum Gasteiger partial charge on any atom is -0.392 e. The van der Waals surface area contributed by atoms with E-state index in [1.54, 1.807) is 0 Å². The molecule has 12 nitrogen and oxygen atoms in total. The zero-order chi connectivity index (χ0) is 16.0. The van der Waals surface area contributed by atoms with Crippen molar-refractivity contribution in [1.82, 2.24) is 19.9 Å². The van der Waals surface area contributed by atoms with Crippen LogP contribution in [0.3, 0.4) is 0 Å². The lowest BCUT2D eigenvalue weighted by atomic mass is 10.2. The number of nitrogens with two attached hydrogens (primary N) is 1. The minimum absolute atomic E-state index is 0.0285. The summed E-state index contributed by atoms with van der Waals surface area (Å²) in [7, 11) is 0. The van der Waals surface area contributed by atoms with Gasteiger partial charge in [-0.05, 0) is 6.92 Å². The summed E-state index contributed by atoms with van der Waals surface area (Å²) in [6, 6.07) is 0. The monoisotopic (exact) mass is 299 g/mol. The number of H-pyrrole nitrogens is 1. The molecule has 2 aromatic rings. The molecule has 0 radical (unpaired) electrons. The quantitative estimate of drug-likeness (QED) is 0.294. The molecule has 114 valence electrons. The number of nitrogens with one attached hydrogen (secondary N) is 1. The van der Waals surface area contributed by atoms with Gasteiger partial charge in [-0.2, -0.15) is 4.98 Å². The number of rotatable bonds is 2. The fraction of sp³-hybridized carbons (Fsp3) is 0.333. The van der Waals surface area contributed by atoms with E-state index in [-0.39, 0.29) is 22.8 Å². The Labute approximate surface area is 116 Å². The molecule has 0 fully saturated rings. The third kappa shape index (κ3) is 4.05. The van der Waals surface area contributed by atoms with Gasteiger partial charge < -0.3 is 26.4 Å². The van der Waals surface area contributed by atoms with Gasteiger partial charge in [-0.1, -0.05) is 0 Å². The minimum atomic E-state index is -1.19. The summed E-state index contributed by atoms with van der Waals surface area (Å²) in [4.78, 5) is 25.3. The highest BCUT2D eigenvalue weighted by Crippen LogP contribution is 2.14. The smallest absolute Gasteiger partial charge is 0.280 e. The maximum absolute atomic E-state index is 11.4. The summed E-state index contributed by atoms with van der Waals surface area (Å²) in [6.45, 7) is 1.41. The van der Waals surface area contributed by atoms with Crippen LogP contribution in [0.4, 0.5) is 5.95 Å². The predicted octanol–water partition coefficient (Wildman–Crippen LogP) is -1.07. The summed E-state index contributed by atoms with van der Waals surface area (Å²) in [5, 5.41) is 36.8. The molecule has 2 aromatic heterocycles. The number of aliphatic hydroxyl groups is 2. The van der Waals surface area contributed by atoms with Crippen LogP contribution < -0.4 is 11.3 Å². The third-order valence-corrected chi connectivity index (χ3v) is 2.26. The number of hydrogen-bond donors (Lipinski definition) is 6. The Kier molecular flexibility index (Phi) is 5.45. The first-order chi connectivity index (χ1) is 9.90. The van der Waals surface area contributed by atoms with Crippen LogP contribution in [0.25, 0.3) is 11.2 Å². The number of nitrogens with zero attached hydrogens (tertiary/aromatic N) is 5. The van der Waals surface area contributed by atoms with Crippen molar-refractivity contribution in [3.8, 4) is 0 Å². The van der Waals surface area contributed by atoms with Gasteiger partial charge in [-0.3, -0.25) is 9.78 Å². The highest BCUT2D eigenvalue weighted by Gasteiger charge is 2.17. The summed E-state index contributed by atoms with van der Waals surface area (Å²) in [5.74, 6) is -0.0829. The van der Waals surface area contributed by atoms with Gasteiger partial charge in [0.2, 0.25) is 5.95 Å². The molecule has 2 heterocycles. The molecule has 0 aromatic carbocycles. The summed E-state index contributed by atoms with van der Waals surface area (Å²) in [5.41, 5.74) is 5.05. The second kappa shape index (κ2) is 7.06. The summed E-state index contributed by atoms with van der Waals surface area (Å²) in [6.07, 6.45) is -0.970. The molecule has 0 aliphatic rings. The van der Waals surface area contributed by atoms with Gasteiger partial charge in [0.25, 0.3) is 5.56 Å². The molecule has 2 unspecified atom stereocenters. The Balaban J connectivity index is 0.000000491. The van der Waals surface area contributed by atoms with Crippen LogP contribution in [0.15, 0.2) is 21.5 Å². The Morgan fingerprint density at radius 1 is 1.29 bits per heavy atom. The molecule has 0 bridgehead atoms. The standard InChI is InChI=1S/C9H11N5O3.H2N2O2/c1-3(15)6(16)4-2-11-5-7(12-4)13-9(10)14-8(5)17;3-1-2-4/h2-3,6,15-16H,1H3,(H3,10,12,13,14,17);(H,1,4)(H,2,3). The molecule has 0 spiro atoms. The number of aromatic amines is 1. The molecule has 0 aliphatic carbocycles. The van der Waals surface area contributed by atoms with Crippen molar-refractivity contribution in [2.75, 3.05) is 5.73 Å². The second-order valence-electron chi connectivity index (χ2n) is 3.78. The molecule has 21 heavy (non-hydrogen) atoms. The van der Waals surface area contributed by atoms with Crippen LogP contribution >= 0.6 is 0 Å². The molecule has 0 saturated heterocycles. The topological polar surface area (TPSA) is 203 Å². The van der Waals surface area contributed by atoms with E-state index in [2.05, 4.69) is 19.9 Å². The van der Waals surface area contributed by atoms with Gasteiger partial charge in [0, 0.05) is 0 Å². The van der Waals surface area contributed by atoms with Crippen LogP contribution in [0.5, 0.6) is 0 Å². The molecule has 0 saturated carbocycles. The van der Waals surface area contributed by atoms with E-state index in [9.17, 15) is 15.0 Å². The van der Waals surface area contributed by atoms with E-state index < -0.39 is 17.8 Å². The van der Waals surface area contributed by atoms with Crippen molar-refractivity contribution >= 4 is 17.1 Å². The molecule has 0 amide bonds. The van der Waals surface area contributed by atoms with E-state index in [0.717, 1.165) is 0 Å². The van der Waals surface area contributed by atoms with E-state index >= 15 is 0 Å². The summed E-state index contributed by atoms with van der Waals surface area (Å²) >= 11 is 0. The number of fused-ring (bicyclic) bond motifs is 1. The van der Waals surface area contributed by atoms with Crippen LogP contribution in [0.2, 0.25) is 0 Å². The van der Waals surface area contributed by atoms with E-state index in [0.29, 0.717) is 0 Å². The Bertz CT molecular complexity index is 682. The lowest BCUT2D eigenvalue weighted by Gasteiger charge is -2.12. The Morgan fingerprint density at radius 2 is 1.90 bits per heavy atom. The van der Waals surface area contributed by atoms with Crippen LogP contribution in [0, 0.1) is 0 Å². The van der Waals surface area contributed by atoms with Gasteiger partial charge in [-0.15, -0.1) is 0 Å². The molecule has 7 N–H and O–H groups in total. The Hall–Kier alpha value is -2.86. The molecule has 0 aliphatic heterocycles. The lowest BCUT2D eigenvalue weighted by molar-refractivity contribution is 0.0278. The molecular weight excluding hydrogens is 286 g/mol. The highest BCUT2D eigenvalue weighted by atomic mass is 16.5. The maximum Gasteiger partial charge on any atom is 0.280 e.